The number of nitrogens with one attached hydrogen (secondary N) is 1. The van der Waals surface area contributed by atoms with Crippen molar-refractivity contribution in [3.8, 4) is 0 Å². The molecule has 2 heterocycles. The largest absolute Gasteiger partial charge is 0.311 e. The molecular formula is C14H23N5. The summed E-state index contributed by atoms with van der Waals surface area (Å²) in [6.07, 6.45) is 3.94. The molecule has 0 aromatic carbocycles. The van der Waals surface area contributed by atoms with Crippen molar-refractivity contribution in [1.29, 1.82) is 0 Å². The molecule has 0 aliphatic heterocycles. The van der Waals surface area contributed by atoms with E-state index in [-0.39, 0.29) is 5.54 Å². The van der Waals surface area contributed by atoms with Gasteiger partial charge >= 0.3 is 0 Å². The van der Waals surface area contributed by atoms with E-state index in [1.807, 2.05) is 29.9 Å². The smallest absolute Gasteiger partial charge is 0.155 e. The molecule has 0 saturated heterocycles. The summed E-state index contributed by atoms with van der Waals surface area (Å²) in [6, 6.07) is 1.98. The third-order valence-corrected chi connectivity index (χ3v) is 3.59. The summed E-state index contributed by atoms with van der Waals surface area (Å²) in [4.78, 5) is 6.62. The van der Waals surface area contributed by atoms with E-state index in [1.165, 1.54) is 0 Å². The van der Waals surface area contributed by atoms with Crippen LogP contribution < -0.4 is 5.32 Å². The first-order valence-electron chi connectivity index (χ1n) is 6.57. The summed E-state index contributed by atoms with van der Waals surface area (Å²) in [5.41, 5.74) is 3.17. The van der Waals surface area contributed by atoms with Crippen LogP contribution in [-0.2, 0) is 6.54 Å². The van der Waals surface area contributed by atoms with Gasteiger partial charge in [0.15, 0.2) is 5.65 Å². The topological polar surface area (TPSA) is 45.5 Å². The lowest BCUT2D eigenvalue weighted by Crippen LogP contribution is -2.46. The summed E-state index contributed by atoms with van der Waals surface area (Å²) in [5, 5.41) is 7.85. The summed E-state index contributed by atoms with van der Waals surface area (Å²) in [6.45, 7) is 8.15. The molecule has 0 radical (unpaired) electrons. The van der Waals surface area contributed by atoms with Gasteiger partial charge in [-0.05, 0) is 34.9 Å². The van der Waals surface area contributed by atoms with Crippen molar-refractivity contribution < 1.29 is 0 Å². The Morgan fingerprint density at radius 3 is 2.79 bits per heavy atom. The summed E-state index contributed by atoms with van der Waals surface area (Å²) in [5.74, 6) is 0. The molecule has 0 unspecified atom stereocenters. The van der Waals surface area contributed by atoms with Gasteiger partial charge in [0.2, 0.25) is 0 Å². The van der Waals surface area contributed by atoms with Crippen LogP contribution in [0.3, 0.4) is 0 Å². The first-order valence-corrected chi connectivity index (χ1v) is 6.57. The molecule has 0 bridgehead atoms. The van der Waals surface area contributed by atoms with Gasteiger partial charge < -0.3 is 10.2 Å². The highest BCUT2D eigenvalue weighted by Crippen LogP contribution is 2.09. The van der Waals surface area contributed by atoms with E-state index in [0.717, 1.165) is 30.0 Å². The zero-order chi connectivity index (χ0) is 14.0. The first kappa shape index (κ1) is 14.0. The molecule has 0 aliphatic carbocycles. The van der Waals surface area contributed by atoms with Gasteiger partial charge in [0.05, 0.1) is 5.69 Å². The standard InChI is InChI=1S/C14H23N5/c1-11-6-13-16-8-12(9-19(13)17-11)7-15-10-14(2,3)18(4)5/h6,8-9,15H,7,10H2,1-5H3. The van der Waals surface area contributed by atoms with Crippen LogP contribution in [0.25, 0.3) is 5.65 Å². The highest BCUT2D eigenvalue weighted by molar-refractivity contribution is 5.38. The Balaban J connectivity index is 1.98. The molecule has 5 heteroatoms. The number of hydrogen-bond donors (Lipinski definition) is 1. The monoisotopic (exact) mass is 261 g/mol. The van der Waals surface area contributed by atoms with E-state index < -0.39 is 0 Å². The number of aryl methyl sites for hydroxylation is 1. The van der Waals surface area contributed by atoms with Crippen LogP contribution in [0.5, 0.6) is 0 Å². The summed E-state index contributed by atoms with van der Waals surface area (Å²) >= 11 is 0. The molecule has 1 N–H and O–H groups in total. The zero-order valence-electron chi connectivity index (χ0n) is 12.4. The minimum atomic E-state index is 0.139. The molecule has 5 nitrogen and oxygen atoms in total. The van der Waals surface area contributed by atoms with Crippen molar-refractivity contribution in [2.75, 3.05) is 20.6 Å². The quantitative estimate of drug-likeness (QED) is 0.885. The maximum absolute atomic E-state index is 4.40. The van der Waals surface area contributed by atoms with E-state index >= 15 is 0 Å². The van der Waals surface area contributed by atoms with E-state index in [4.69, 9.17) is 0 Å². The summed E-state index contributed by atoms with van der Waals surface area (Å²) < 4.78 is 1.84. The van der Waals surface area contributed by atoms with E-state index in [1.54, 1.807) is 0 Å². The Morgan fingerprint density at radius 2 is 2.11 bits per heavy atom. The van der Waals surface area contributed by atoms with Gasteiger partial charge in [0.25, 0.3) is 0 Å². The molecule has 2 aromatic heterocycles. The lowest BCUT2D eigenvalue weighted by atomic mass is 10.0. The summed E-state index contributed by atoms with van der Waals surface area (Å²) in [7, 11) is 4.20. The van der Waals surface area contributed by atoms with Gasteiger partial charge in [-0.15, -0.1) is 0 Å². The average Bonchev–Trinajstić information content (AvgIpc) is 2.68. The molecule has 2 aromatic rings. The van der Waals surface area contributed by atoms with Gasteiger partial charge in [-0.2, -0.15) is 5.10 Å². The fourth-order valence-corrected chi connectivity index (χ4v) is 1.80. The SMILES string of the molecule is Cc1cc2ncc(CNCC(C)(C)N(C)C)cn2n1. The van der Waals surface area contributed by atoms with Crippen molar-refractivity contribution in [2.24, 2.45) is 0 Å². The maximum Gasteiger partial charge on any atom is 0.155 e. The highest BCUT2D eigenvalue weighted by Gasteiger charge is 2.19. The van der Waals surface area contributed by atoms with Gasteiger partial charge in [0, 0.05) is 42.7 Å². The van der Waals surface area contributed by atoms with Gasteiger partial charge in [-0.3, -0.25) is 0 Å². The number of nitrogens with zero attached hydrogens (tertiary/aromatic N) is 4. The number of fused-ring (bicyclic) bond motifs is 1. The Kier molecular flexibility index (Phi) is 3.87. The van der Waals surface area contributed by atoms with Crippen LogP contribution in [0.15, 0.2) is 18.5 Å². The molecule has 0 aliphatic rings. The Hall–Kier alpha value is -1.46. The molecule has 0 saturated carbocycles. The fourth-order valence-electron chi connectivity index (χ4n) is 1.80. The van der Waals surface area contributed by atoms with Gasteiger partial charge in [-0.1, -0.05) is 0 Å². The zero-order valence-corrected chi connectivity index (χ0v) is 12.4. The van der Waals surface area contributed by atoms with Crippen LogP contribution in [-0.4, -0.2) is 45.7 Å². The lowest BCUT2D eigenvalue weighted by molar-refractivity contribution is 0.189. The average molecular weight is 261 g/mol. The minimum absolute atomic E-state index is 0.139. The second kappa shape index (κ2) is 5.27. The second-order valence-electron chi connectivity index (χ2n) is 5.86. The van der Waals surface area contributed by atoms with Crippen molar-refractivity contribution in [2.45, 2.75) is 32.9 Å². The van der Waals surface area contributed by atoms with Crippen molar-refractivity contribution in [1.82, 2.24) is 24.8 Å². The van der Waals surface area contributed by atoms with E-state index in [9.17, 15) is 0 Å². The molecule has 0 amide bonds. The number of hydrogen-bond acceptors (Lipinski definition) is 4. The van der Waals surface area contributed by atoms with Crippen LogP contribution >= 0.6 is 0 Å². The third-order valence-electron chi connectivity index (χ3n) is 3.59. The van der Waals surface area contributed by atoms with Crippen LogP contribution in [0.4, 0.5) is 0 Å². The number of rotatable bonds is 5. The molecule has 0 spiro atoms. The van der Waals surface area contributed by atoms with Crippen molar-refractivity contribution >= 4 is 5.65 Å². The highest BCUT2D eigenvalue weighted by atomic mass is 15.2. The predicted octanol–water partition coefficient (Wildman–Crippen LogP) is 1.47. The van der Waals surface area contributed by atoms with E-state index in [2.05, 4.69) is 48.2 Å². The van der Waals surface area contributed by atoms with Crippen LogP contribution in [0.2, 0.25) is 0 Å². The van der Waals surface area contributed by atoms with Gasteiger partial charge in [-0.25, -0.2) is 9.50 Å². The third kappa shape index (κ3) is 3.30. The molecule has 2 rings (SSSR count). The minimum Gasteiger partial charge on any atom is -0.311 e. The lowest BCUT2D eigenvalue weighted by Gasteiger charge is -2.32. The Bertz CT molecular complexity index is 556. The Morgan fingerprint density at radius 1 is 1.37 bits per heavy atom. The maximum atomic E-state index is 4.40. The predicted molar refractivity (Wildman–Crippen MR) is 77.2 cm³/mol. The number of likely N-dealkylation sites (N-methyl/N-ethyl adjacent to an activating group) is 1. The molecule has 19 heavy (non-hydrogen) atoms. The molecule has 104 valence electrons. The molecule has 0 atom stereocenters. The number of aromatic nitrogens is 3. The van der Waals surface area contributed by atoms with Crippen LogP contribution in [0, 0.1) is 6.92 Å². The fraction of sp³-hybridized carbons (Fsp3) is 0.571. The molecule has 0 fully saturated rings. The first-order chi connectivity index (χ1) is 8.88. The molecular weight excluding hydrogens is 238 g/mol. The second-order valence-corrected chi connectivity index (χ2v) is 5.86. The Labute approximate surface area is 114 Å². The van der Waals surface area contributed by atoms with Gasteiger partial charge in [0.1, 0.15) is 0 Å². The van der Waals surface area contributed by atoms with Crippen LogP contribution in [0.1, 0.15) is 25.1 Å². The van der Waals surface area contributed by atoms with Crippen molar-refractivity contribution in [3.05, 3.63) is 29.7 Å². The normalized spacial score (nSPS) is 12.5. The van der Waals surface area contributed by atoms with Crippen molar-refractivity contribution in [3.63, 3.8) is 0 Å². The van der Waals surface area contributed by atoms with E-state index in [0.29, 0.717) is 0 Å².